The second kappa shape index (κ2) is 7.17. The maximum atomic E-state index is 11.7. The normalized spacial score (nSPS) is 19.2. The number of nitrogens with zero attached hydrogens (tertiary/aromatic N) is 2. The van der Waals surface area contributed by atoms with E-state index in [2.05, 4.69) is 11.8 Å². The Balaban J connectivity index is 1.99. The van der Waals surface area contributed by atoms with Gasteiger partial charge in [-0.3, -0.25) is 9.69 Å². The topological polar surface area (TPSA) is 63.0 Å². The number of aryl methyl sites for hydroxylation is 1. The van der Waals surface area contributed by atoms with Crippen LogP contribution in [0.15, 0.2) is 10.5 Å². The zero-order chi connectivity index (χ0) is 17.1. The maximum absolute atomic E-state index is 11.7. The number of hydrogen-bond donors (Lipinski definition) is 0. The number of methoxy groups -OCH3 is 1. The summed E-state index contributed by atoms with van der Waals surface area (Å²) in [4.78, 5) is 27.2. The van der Waals surface area contributed by atoms with Crippen molar-refractivity contribution in [2.24, 2.45) is 5.92 Å². The summed E-state index contributed by atoms with van der Waals surface area (Å²) < 4.78 is 10.4. The second-order valence-corrected chi connectivity index (χ2v) is 6.39. The van der Waals surface area contributed by atoms with Gasteiger partial charge in [0, 0.05) is 32.1 Å². The Morgan fingerprint density at radius 1 is 1.52 bits per heavy atom. The molecular formula is C17H26N2O4. The molecule has 0 N–H and O–H groups in total. The molecule has 2 rings (SSSR count). The molecule has 2 heterocycles. The van der Waals surface area contributed by atoms with E-state index in [1.165, 1.54) is 7.11 Å². The van der Waals surface area contributed by atoms with Crippen molar-refractivity contribution in [3.8, 4) is 0 Å². The van der Waals surface area contributed by atoms with Gasteiger partial charge in [-0.25, -0.2) is 4.79 Å². The SMILES string of the molecule is COC(=O)c1oc([C@@H](C)N(C)C[C@@H]2CCN(C(C)=O)C2)cc1C. The molecule has 0 aliphatic carbocycles. The van der Waals surface area contributed by atoms with E-state index in [1.807, 2.05) is 24.9 Å². The smallest absolute Gasteiger partial charge is 0.374 e. The van der Waals surface area contributed by atoms with Crippen molar-refractivity contribution >= 4 is 11.9 Å². The van der Waals surface area contributed by atoms with Crippen LogP contribution < -0.4 is 0 Å². The average molecular weight is 322 g/mol. The van der Waals surface area contributed by atoms with Gasteiger partial charge >= 0.3 is 5.97 Å². The van der Waals surface area contributed by atoms with E-state index in [1.54, 1.807) is 6.92 Å². The molecule has 0 unspecified atom stereocenters. The summed E-state index contributed by atoms with van der Waals surface area (Å²) >= 11 is 0. The number of hydrogen-bond acceptors (Lipinski definition) is 5. The van der Waals surface area contributed by atoms with Crippen LogP contribution >= 0.6 is 0 Å². The minimum Gasteiger partial charge on any atom is -0.463 e. The highest BCUT2D eigenvalue weighted by Crippen LogP contribution is 2.27. The number of rotatable bonds is 5. The molecular weight excluding hydrogens is 296 g/mol. The number of carbonyl (C=O) groups excluding carboxylic acids is 2. The Morgan fingerprint density at radius 2 is 2.22 bits per heavy atom. The predicted molar refractivity (Wildman–Crippen MR) is 86.2 cm³/mol. The summed E-state index contributed by atoms with van der Waals surface area (Å²) in [7, 11) is 3.39. The molecule has 2 atom stereocenters. The number of furan rings is 1. The van der Waals surface area contributed by atoms with E-state index in [0.29, 0.717) is 5.92 Å². The van der Waals surface area contributed by atoms with Crippen LogP contribution in [0.3, 0.4) is 0 Å². The fraction of sp³-hybridized carbons (Fsp3) is 0.647. The third-order valence-electron chi connectivity index (χ3n) is 4.66. The van der Waals surface area contributed by atoms with E-state index >= 15 is 0 Å². The molecule has 23 heavy (non-hydrogen) atoms. The Bertz CT molecular complexity index is 581. The fourth-order valence-electron chi connectivity index (χ4n) is 3.06. The van der Waals surface area contributed by atoms with E-state index in [9.17, 15) is 9.59 Å². The van der Waals surface area contributed by atoms with Crippen molar-refractivity contribution in [1.82, 2.24) is 9.80 Å². The lowest BCUT2D eigenvalue weighted by Crippen LogP contribution is -2.31. The van der Waals surface area contributed by atoms with Crippen LogP contribution in [0.5, 0.6) is 0 Å². The van der Waals surface area contributed by atoms with E-state index in [4.69, 9.17) is 9.15 Å². The van der Waals surface area contributed by atoms with Crippen LogP contribution in [0.4, 0.5) is 0 Å². The van der Waals surface area contributed by atoms with Crippen LogP contribution in [-0.4, -0.2) is 55.5 Å². The highest BCUT2D eigenvalue weighted by Gasteiger charge is 2.28. The molecule has 0 bridgehead atoms. The zero-order valence-electron chi connectivity index (χ0n) is 14.6. The van der Waals surface area contributed by atoms with Crippen molar-refractivity contribution in [1.29, 1.82) is 0 Å². The molecule has 0 spiro atoms. The molecule has 6 nitrogen and oxygen atoms in total. The van der Waals surface area contributed by atoms with Crippen molar-refractivity contribution in [2.75, 3.05) is 33.8 Å². The third kappa shape index (κ3) is 3.93. The van der Waals surface area contributed by atoms with Crippen LogP contribution in [0.25, 0.3) is 0 Å². The molecule has 1 amide bonds. The minimum atomic E-state index is -0.448. The largest absolute Gasteiger partial charge is 0.463 e. The minimum absolute atomic E-state index is 0.0542. The monoisotopic (exact) mass is 322 g/mol. The van der Waals surface area contributed by atoms with Crippen molar-refractivity contribution in [2.45, 2.75) is 33.2 Å². The van der Waals surface area contributed by atoms with Gasteiger partial charge in [-0.05, 0) is 39.3 Å². The molecule has 1 fully saturated rings. The number of amides is 1. The van der Waals surface area contributed by atoms with Gasteiger partial charge in [-0.2, -0.15) is 0 Å². The lowest BCUT2D eigenvalue weighted by Gasteiger charge is -2.26. The van der Waals surface area contributed by atoms with Crippen molar-refractivity contribution < 1.29 is 18.7 Å². The second-order valence-electron chi connectivity index (χ2n) is 6.39. The van der Waals surface area contributed by atoms with Gasteiger partial charge in [0.1, 0.15) is 5.76 Å². The number of likely N-dealkylation sites (tertiary alicyclic amines) is 1. The first-order valence-electron chi connectivity index (χ1n) is 7.97. The molecule has 0 aromatic carbocycles. The number of ether oxygens (including phenoxy) is 1. The van der Waals surface area contributed by atoms with Gasteiger partial charge in [-0.15, -0.1) is 0 Å². The third-order valence-corrected chi connectivity index (χ3v) is 4.66. The van der Waals surface area contributed by atoms with E-state index in [0.717, 1.165) is 37.4 Å². The van der Waals surface area contributed by atoms with Gasteiger partial charge < -0.3 is 14.1 Å². The number of esters is 1. The van der Waals surface area contributed by atoms with Gasteiger partial charge in [0.15, 0.2) is 0 Å². The molecule has 0 radical (unpaired) electrons. The summed E-state index contributed by atoms with van der Waals surface area (Å²) in [5.74, 6) is 1.20. The van der Waals surface area contributed by atoms with Gasteiger partial charge in [0.2, 0.25) is 11.7 Å². The summed E-state index contributed by atoms with van der Waals surface area (Å²) in [5, 5.41) is 0. The Labute approximate surface area is 137 Å². The first-order chi connectivity index (χ1) is 10.8. The van der Waals surface area contributed by atoms with Crippen molar-refractivity contribution in [3.63, 3.8) is 0 Å². The zero-order valence-corrected chi connectivity index (χ0v) is 14.6. The predicted octanol–water partition coefficient (Wildman–Crippen LogP) is 2.24. The molecule has 0 saturated carbocycles. The summed E-state index contributed by atoms with van der Waals surface area (Å²) in [6, 6.07) is 1.95. The Hall–Kier alpha value is -1.82. The highest BCUT2D eigenvalue weighted by atomic mass is 16.5. The van der Waals surface area contributed by atoms with Crippen molar-refractivity contribution in [3.05, 3.63) is 23.2 Å². The van der Waals surface area contributed by atoms with Gasteiger partial charge in [0.05, 0.1) is 13.2 Å². The molecule has 1 aliphatic rings. The lowest BCUT2D eigenvalue weighted by molar-refractivity contribution is -0.127. The Kier molecular flexibility index (Phi) is 5.46. The van der Waals surface area contributed by atoms with E-state index < -0.39 is 5.97 Å². The van der Waals surface area contributed by atoms with Gasteiger partial charge in [0.25, 0.3) is 0 Å². The molecule has 128 valence electrons. The molecule has 1 aliphatic heterocycles. The summed E-state index contributed by atoms with van der Waals surface area (Å²) in [6.45, 7) is 8.06. The number of carbonyl (C=O) groups is 2. The first-order valence-corrected chi connectivity index (χ1v) is 7.97. The standard InChI is InChI=1S/C17H26N2O4/c1-11-8-15(23-16(11)17(21)22-5)12(2)18(4)9-14-6-7-19(10-14)13(3)20/h8,12,14H,6-7,9-10H2,1-5H3/t12-,14+/m1/s1. The summed E-state index contributed by atoms with van der Waals surface area (Å²) in [6.07, 6.45) is 1.03. The van der Waals surface area contributed by atoms with Crippen LogP contribution in [0.2, 0.25) is 0 Å². The maximum Gasteiger partial charge on any atom is 0.374 e. The molecule has 1 aromatic rings. The van der Waals surface area contributed by atoms with Crippen LogP contribution in [0, 0.1) is 12.8 Å². The highest BCUT2D eigenvalue weighted by molar-refractivity contribution is 5.87. The quantitative estimate of drug-likeness (QED) is 0.778. The van der Waals surface area contributed by atoms with E-state index in [-0.39, 0.29) is 17.7 Å². The van der Waals surface area contributed by atoms with Crippen LogP contribution in [0.1, 0.15) is 48.2 Å². The average Bonchev–Trinajstić information content (AvgIpc) is 3.12. The molecule has 6 heteroatoms. The summed E-state index contributed by atoms with van der Waals surface area (Å²) in [5.41, 5.74) is 0.788. The Morgan fingerprint density at radius 3 is 2.78 bits per heavy atom. The molecule has 1 aromatic heterocycles. The first kappa shape index (κ1) is 17.5. The van der Waals surface area contributed by atoms with Gasteiger partial charge in [-0.1, -0.05) is 0 Å². The van der Waals surface area contributed by atoms with Crippen LogP contribution in [-0.2, 0) is 9.53 Å². The fourth-order valence-corrected chi connectivity index (χ4v) is 3.06. The lowest BCUT2D eigenvalue weighted by atomic mass is 10.1. The molecule has 1 saturated heterocycles.